The Morgan fingerprint density at radius 3 is 2.83 bits per heavy atom. The van der Waals surface area contributed by atoms with Gasteiger partial charge < -0.3 is 15.7 Å². The van der Waals surface area contributed by atoms with E-state index in [1.807, 2.05) is 6.92 Å². The zero-order valence-electron chi connectivity index (χ0n) is 11.8. The summed E-state index contributed by atoms with van der Waals surface area (Å²) in [6.45, 7) is 5.99. The fourth-order valence-corrected chi connectivity index (χ4v) is 2.75. The van der Waals surface area contributed by atoms with E-state index in [0.29, 0.717) is 18.0 Å². The van der Waals surface area contributed by atoms with Crippen molar-refractivity contribution < 1.29 is 9.94 Å². The molecule has 0 heterocycles. The minimum absolute atomic E-state index is 0.0814. The van der Waals surface area contributed by atoms with Crippen LogP contribution in [0.15, 0.2) is 5.16 Å². The second-order valence-corrected chi connectivity index (χ2v) is 5.19. The third-order valence-corrected chi connectivity index (χ3v) is 3.98. The Labute approximate surface area is 110 Å². The molecule has 0 amide bonds. The molecule has 0 aromatic carbocycles. The lowest BCUT2D eigenvalue weighted by molar-refractivity contribution is 0.0275. The van der Waals surface area contributed by atoms with Gasteiger partial charge in [-0.05, 0) is 32.2 Å². The molecule has 106 valence electrons. The Morgan fingerprint density at radius 2 is 2.28 bits per heavy atom. The lowest BCUT2D eigenvalue weighted by Gasteiger charge is -2.37. The highest BCUT2D eigenvalue weighted by atomic mass is 16.5. The van der Waals surface area contributed by atoms with Crippen LogP contribution in [-0.2, 0) is 4.74 Å². The molecule has 0 saturated heterocycles. The van der Waals surface area contributed by atoms with Crippen molar-refractivity contribution >= 4 is 5.84 Å². The maximum atomic E-state index is 8.71. The number of amidine groups is 1. The minimum Gasteiger partial charge on any atom is -0.409 e. The van der Waals surface area contributed by atoms with Crippen LogP contribution in [0.2, 0.25) is 0 Å². The Kier molecular flexibility index (Phi) is 6.43. The fraction of sp³-hybridized carbons (Fsp3) is 0.923. The van der Waals surface area contributed by atoms with Gasteiger partial charge in [-0.25, -0.2) is 0 Å². The zero-order chi connectivity index (χ0) is 13.5. The van der Waals surface area contributed by atoms with Crippen LogP contribution in [0.25, 0.3) is 0 Å². The van der Waals surface area contributed by atoms with Crippen LogP contribution in [0.3, 0.4) is 0 Å². The second-order valence-electron chi connectivity index (χ2n) is 5.19. The summed E-state index contributed by atoms with van der Waals surface area (Å²) in [6, 6.07) is 0.558. The van der Waals surface area contributed by atoms with Gasteiger partial charge >= 0.3 is 0 Å². The lowest BCUT2D eigenvalue weighted by atomic mass is 9.91. The van der Waals surface area contributed by atoms with Gasteiger partial charge in [-0.3, -0.25) is 4.90 Å². The average Bonchev–Trinajstić information content (AvgIpc) is 2.43. The number of ether oxygens (including phenoxy) is 1. The molecule has 0 bridgehead atoms. The predicted octanol–water partition coefficient (Wildman–Crippen LogP) is 1.65. The smallest absolute Gasteiger partial charge is 0.143 e. The van der Waals surface area contributed by atoms with Crippen molar-refractivity contribution in [3.8, 4) is 0 Å². The van der Waals surface area contributed by atoms with Crippen LogP contribution in [0, 0.1) is 5.92 Å². The van der Waals surface area contributed by atoms with E-state index in [2.05, 4.69) is 17.0 Å². The Balaban J connectivity index is 2.54. The number of rotatable bonds is 6. The largest absolute Gasteiger partial charge is 0.409 e. The maximum absolute atomic E-state index is 8.71. The van der Waals surface area contributed by atoms with Crippen molar-refractivity contribution in [3.63, 3.8) is 0 Å². The van der Waals surface area contributed by atoms with E-state index in [0.717, 1.165) is 19.5 Å². The topological polar surface area (TPSA) is 71.1 Å². The van der Waals surface area contributed by atoms with Crippen LogP contribution in [0.4, 0.5) is 0 Å². The minimum atomic E-state index is 0.0814. The molecule has 0 radical (unpaired) electrons. The Hall–Kier alpha value is -0.810. The number of hydrogen-bond acceptors (Lipinski definition) is 4. The summed E-state index contributed by atoms with van der Waals surface area (Å²) in [6.07, 6.45) is 5.08. The molecule has 5 nitrogen and oxygen atoms in total. The molecule has 3 N–H and O–H groups in total. The fourth-order valence-electron chi connectivity index (χ4n) is 2.75. The molecule has 18 heavy (non-hydrogen) atoms. The molecule has 1 saturated carbocycles. The van der Waals surface area contributed by atoms with Crippen molar-refractivity contribution in [2.24, 2.45) is 16.8 Å². The molecule has 0 aromatic heterocycles. The van der Waals surface area contributed by atoms with Gasteiger partial charge in [0.25, 0.3) is 0 Å². The monoisotopic (exact) mass is 257 g/mol. The van der Waals surface area contributed by atoms with Gasteiger partial charge in [0.15, 0.2) is 0 Å². The summed E-state index contributed by atoms with van der Waals surface area (Å²) in [5, 5.41) is 11.8. The summed E-state index contributed by atoms with van der Waals surface area (Å²) >= 11 is 0. The quantitative estimate of drug-likeness (QED) is 0.328. The third kappa shape index (κ3) is 4.14. The van der Waals surface area contributed by atoms with Crippen molar-refractivity contribution in [3.05, 3.63) is 0 Å². The van der Waals surface area contributed by atoms with Gasteiger partial charge in [0, 0.05) is 25.6 Å². The van der Waals surface area contributed by atoms with Crippen LogP contribution >= 0.6 is 0 Å². The van der Waals surface area contributed by atoms with E-state index in [9.17, 15) is 0 Å². The highest BCUT2D eigenvalue weighted by Crippen LogP contribution is 2.25. The highest BCUT2D eigenvalue weighted by Gasteiger charge is 2.27. The number of nitrogens with zero attached hydrogens (tertiary/aromatic N) is 2. The first-order valence-corrected chi connectivity index (χ1v) is 6.86. The van der Waals surface area contributed by atoms with Crippen molar-refractivity contribution in [1.82, 2.24) is 4.90 Å². The maximum Gasteiger partial charge on any atom is 0.143 e. The Morgan fingerprint density at radius 1 is 1.56 bits per heavy atom. The van der Waals surface area contributed by atoms with E-state index in [1.165, 1.54) is 19.3 Å². The van der Waals surface area contributed by atoms with Crippen LogP contribution in [-0.4, -0.2) is 48.3 Å². The molecule has 1 rings (SSSR count). The van der Waals surface area contributed by atoms with Crippen LogP contribution in [0.5, 0.6) is 0 Å². The standard InChI is InChI=1S/C13H27N3O2/c1-4-16(9-10(2)13(14)15-17)11-6-5-7-12(8-11)18-3/h10-12,17H,4-9H2,1-3H3,(H2,14,15). The average molecular weight is 257 g/mol. The van der Waals surface area contributed by atoms with Gasteiger partial charge in [0.2, 0.25) is 0 Å². The molecule has 0 spiro atoms. The molecule has 1 aliphatic rings. The van der Waals surface area contributed by atoms with Gasteiger partial charge in [-0.2, -0.15) is 0 Å². The number of hydrogen-bond donors (Lipinski definition) is 2. The van der Waals surface area contributed by atoms with E-state index >= 15 is 0 Å². The van der Waals surface area contributed by atoms with Crippen molar-refractivity contribution in [1.29, 1.82) is 0 Å². The normalized spacial score (nSPS) is 27.4. The predicted molar refractivity (Wildman–Crippen MR) is 72.9 cm³/mol. The first-order valence-electron chi connectivity index (χ1n) is 6.86. The molecular weight excluding hydrogens is 230 g/mol. The van der Waals surface area contributed by atoms with Gasteiger partial charge in [0.05, 0.1) is 6.10 Å². The van der Waals surface area contributed by atoms with Gasteiger partial charge in [-0.15, -0.1) is 0 Å². The van der Waals surface area contributed by atoms with E-state index in [4.69, 9.17) is 15.7 Å². The zero-order valence-corrected chi connectivity index (χ0v) is 11.8. The van der Waals surface area contributed by atoms with Crippen LogP contribution in [0.1, 0.15) is 39.5 Å². The summed E-state index contributed by atoms with van der Waals surface area (Å²) in [4.78, 5) is 2.42. The van der Waals surface area contributed by atoms with E-state index in [1.54, 1.807) is 7.11 Å². The lowest BCUT2D eigenvalue weighted by Crippen LogP contribution is -2.44. The highest BCUT2D eigenvalue weighted by molar-refractivity contribution is 5.82. The van der Waals surface area contributed by atoms with Crippen LogP contribution < -0.4 is 5.73 Å². The molecular formula is C13H27N3O2. The number of methoxy groups -OCH3 is 1. The summed E-state index contributed by atoms with van der Waals surface area (Å²) in [5.74, 6) is 0.394. The van der Waals surface area contributed by atoms with Crippen molar-refractivity contribution in [2.75, 3.05) is 20.2 Å². The molecule has 3 atom stereocenters. The summed E-state index contributed by atoms with van der Waals surface area (Å²) < 4.78 is 5.47. The number of nitrogens with two attached hydrogens (primary N) is 1. The molecule has 0 aliphatic heterocycles. The molecule has 5 heteroatoms. The second kappa shape index (κ2) is 7.59. The van der Waals surface area contributed by atoms with Gasteiger partial charge in [0.1, 0.15) is 5.84 Å². The van der Waals surface area contributed by atoms with E-state index < -0.39 is 0 Å². The Bertz CT molecular complexity index is 271. The summed E-state index contributed by atoms with van der Waals surface area (Å²) in [5.41, 5.74) is 5.65. The summed E-state index contributed by atoms with van der Waals surface area (Å²) in [7, 11) is 1.79. The first kappa shape index (κ1) is 15.2. The van der Waals surface area contributed by atoms with Crippen molar-refractivity contribution in [2.45, 2.75) is 51.7 Å². The molecule has 0 aromatic rings. The SMILES string of the molecule is CCN(CC(C)C(N)=NO)C1CCCC(OC)C1. The first-order chi connectivity index (χ1) is 8.62. The number of oxime groups is 1. The molecule has 1 fully saturated rings. The molecule has 3 unspecified atom stereocenters. The third-order valence-electron chi connectivity index (χ3n) is 3.98. The molecule has 1 aliphatic carbocycles. The van der Waals surface area contributed by atoms with E-state index in [-0.39, 0.29) is 5.92 Å². The van der Waals surface area contributed by atoms with Gasteiger partial charge in [-0.1, -0.05) is 19.0 Å².